The van der Waals surface area contributed by atoms with Crippen molar-refractivity contribution in [1.29, 1.82) is 0 Å². The fourth-order valence-electron chi connectivity index (χ4n) is 0.564. The van der Waals surface area contributed by atoms with Gasteiger partial charge in [-0.15, -0.1) is 0 Å². The van der Waals surface area contributed by atoms with Gasteiger partial charge < -0.3 is 15.8 Å². The van der Waals surface area contributed by atoms with Gasteiger partial charge in [0.05, 0.1) is 6.33 Å². The Hall–Kier alpha value is -1.36. The number of aliphatic carboxylic acids is 1. The minimum atomic E-state index is -2.14. The molecule has 0 radical (unpaired) electrons. The number of carboxylic acid groups (broad SMARTS) is 1. The quantitative estimate of drug-likeness (QED) is 0.547. The van der Waals surface area contributed by atoms with E-state index < -0.39 is 18.4 Å². The zero-order chi connectivity index (χ0) is 10.1. The maximum atomic E-state index is 10.4. The molecule has 0 unspecified atom stereocenters. The van der Waals surface area contributed by atoms with E-state index in [1.165, 1.54) is 12.5 Å². The van der Waals surface area contributed by atoms with Gasteiger partial charge in [-0.2, -0.15) is 0 Å². The third-order valence-corrected chi connectivity index (χ3v) is 1.08. The Morgan fingerprint density at radius 3 is 3.27 bits per heavy atom. The molecule has 1 rings (SSSR count). The van der Waals surface area contributed by atoms with Gasteiger partial charge in [0.2, 0.25) is 0 Å². The van der Waals surface area contributed by atoms with Gasteiger partial charge in [-0.25, -0.2) is 4.98 Å². The highest BCUT2D eigenvalue weighted by Crippen LogP contribution is 1.95. The summed E-state index contributed by atoms with van der Waals surface area (Å²) in [6.07, 6.45) is 0.340. The summed E-state index contributed by atoms with van der Waals surface area (Å²) in [7, 11) is 0. The number of imidazole rings is 1. The van der Waals surface area contributed by atoms with Crippen LogP contribution in [0.3, 0.4) is 0 Å². The lowest BCUT2D eigenvalue weighted by Gasteiger charge is -2.02. The summed E-state index contributed by atoms with van der Waals surface area (Å²) in [6.45, 7) is 0. The van der Waals surface area contributed by atoms with Crippen LogP contribution in [0.4, 0.5) is 0 Å². The maximum Gasteiger partial charge on any atom is 0.320 e. The van der Waals surface area contributed by atoms with Crippen molar-refractivity contribution in [3.8, 4) is 0 Å². The van der Waals surface area contributed by atoms with Crippen LogP contribution in [-0.4, -0.2) is 27.1 Å². The third-order valence-electron chi connectivity index (χ3n) is 1.08. The Morgan fingerprint density at radius 1 is 2.09 bits per heavy atom. The molecule has 0 amide bonds. The number of hydrogen-bond donors (Lipinski definition) is 3. The number of H-pyrrole nitrogens is 1. The number of rotatable bonds is 3. The summed E-state index contributed by atoms with van der Waals surface area (Å²) >= 11 is 0. The van der Waals surface area contributed by atoms with E-state index in [0.717, 1.165) is 0 Å². The van der Waals surface area contributed by atoms with Crippen molar-refractivity contribution in [3.05, 3.63) is 18.2 Å². The fourth-order valence-corrected chi connectivity index (χ4v) is 0.564. The summed E-state index contributed by atoms with van der Waals surface area (Å²) in [5.74, 6) is -1.39. The molecule has 0 aliphatic rings. The summed E-state index contributed by atoms with van der Waals surface area (Å²) in [6, 6.07) is -1.60. The Balaban J connectivity index is 2.95. The van der Waals surface area contributed by atoms with Crippen molar-refractivity contribution < 1.29 is 12.6 Å². The molecule has 1 aromatic heterocycles. The van der Waals surface area contributed by atoms with Gasteiger partial charge in [-0.3, -0.25) is 4.79 Å². The van der Waals surface area contributed by atoms with Crippen LogP contribution in [0.5, 0.6) is 0 Å². The van der Waals surface area contributed by atoms with Crippen molar-refractivity contribution in [3.63, 3.8) is 0 Å². The number of carbonyl (C=O) groups is 1. The molecule has 0 aliphatic heterocycles. The topological polar surface area (TPSA) is 92.0 Å². The van der Waals surface area contributed by atoms with Crippen LogP contribution in [0.25, 0.3) is 0 Å². The van der Waals surface area contributed by atoms with Crippen LogP contribution >= 0.6 is 0 Å². The highest BCUT2D eigenvalue weighted by molar-refractivity contribution is 5.73. The van der Waals surface area contributed by atoms with Crippen LogP contribution in [0.1, 0.15) is 8.44 Å². The summed E-state index contributed by atoms with van der Waals surface area (Å²) in [5, 5.41) is 8.52. The molecule has 1 heterocycles. The van der Waals surface area contributed by atoms with E-state index in [1.54, 1.807) is 0 Å². The molecule has 60 valence electrons. The number of nitrogens with two attached hydrogens (primary N) is 1. The molecule has 5 nitrogen and oxygen atoms in total. The van der Waals surface area contributed by atoms with Crippen LogP contribution in [0, 0.1) is 0 Å². The molecule has 0 aromatic carbocycles. The first-order valence-electron chi connectivity index (χ1n) is 3.93. The summed E-state index contributed by atoms with van der Waals surface area (Å²) < 4.78 is 14.8. The van der Waals surface area contributed by atoms with Gasteiger partial charge in [-0.05, 0) is 0 Å². The third kappa shape index (κ3) is 2.05. The van der Waals surface area contributed by atoms with Crippen molar-refractivity contribution in [2.45, 2.75) is 12.4 Å². The van der Waals surface area contributed by atoms with E-state index in [4.69, 9.17) is 13.6 Å². The molecule has 4 N–H and O–H groups in total. The van der Waals surface area contributed by atoms with Crippen molar-refractivity contribution in [2.24, 2.45) is 5.73 Å². The molecule has 0 fully saturated rings. The molecule has 5 heteroatoms. The molecule has 1 aromatic rings. The lowest BCUT2D eigenvalue weighted by Crippen LogP contribution is -2.32. The smallest absolute Gasteiger partial charge is 0.320 e. The fraction of sp³-hybridized carbons (Fsp3) is 0.333. The molecular formula is C6H9N3O2. The molecule has 0 bridgehead atoms. The standard InChI is InChI=1S/C6H9N3O2/c7-5(6(10)11)1-4-2-8-3-9-4/h2-3,5H,1,7H2,(H,8,9)(H,10,11)/t5-/m0/s1/i1D2,8+1,9+1. The zero-order valence-electron chi connectivity index (χ0n) is 7.61. The first-order valence-corrected chi connectivity index (χ1v) is 2.93. The predicted octanol–water partition coefficient (Wildman–Crippen LogP) is -0.636. The van der Waals surface area contributed by atoms with Crippen LogP contribution in [-0.2, 0) is 11.2 Å². The number of carboxylic acids is 1. The lowest BCUT2D eigenvalue weighted by molar-refractivity contribution is -0.138. The number of aromatic nitrogens is 2. The number of nitrogens with zero attached hydrogens (tertiary/aromatic N) is 1. The molecule has 0 saturated heterocycles. The van der Waals surface area contributed by atoms with E-state index in [2.05, 4.69) is 9.97 Å². The summed E-state index contributed by atoms with van der Waals surface area (Å²) in [4.78, 5) is 16.5. The maximum absolute atomic E-state index is 10.4. The number of hydrogen-bond acceptors (Lipinski definition) is 3. The first kappa shape index (κ1) is 5.31. The Morgan fingerprint density at radius 2 is 2.82 bits per heavy atom. The normalized spacial score (nSPS) is 16.8. The Bertz CT molecular complexity index is 299. The van der Waals surface area contributed by atoms with Gasteiger partial charge in [0.1, 0.15) is 6.04 Å². The van der Waals surface area contributed by atoms with Gasteiger partial charge >= 0.3 is 5.97 Å². The lowest BCUT2D eigenvalue weighted by atomic mass is 10.2. The van der Waals surface area contributed by atoms with Crippen molar-refractivity contribution in [1.82, 2.24) is 9.97 Å². The van der Waals surface area contributed by atoms with Crippen LogP contribution in [0.15, 0.2) is 12.5 Å². The van der Waals surface area contributed by atoms with E-state index in [0.29, 0.717) is 0 Å². The predicted molar refractivity (Wildman–Crippen MR) is 37.9 cm³/mol. The first-order chi connectivity index (χ1) is 5.96. The van der Waals surface area contributed by atoms with Crippen LogP contribution in [0.2, 0.25) is 0 Å². The second-order valence-corrected chi connectivity index (χ2v) is 1.93. The Kier molecular flexibility index (Phi) is 1.52. The summed E-state index contributed by atoms with van der Waals surface area (Å²) in [5.41, 5.74) is 5.22. The second-order valence-electron chi connectivity index (χ2n) is 1.93. The number of nitrogens with one attached hydrogen (secondary N) is 1. The van der Waals surface area contributed by atoms with Gasteiger partial charge in [0.15, 0.2) is 0 Å². The molecule has 11 heavy (non-hydrogen) atoms. The van der Waals surface area contributed by atoms with E-state index >= 15 is 0 Å². The molecule has 0 spiro atoms. The van der Waals surface area contributed by atoms with Gasteiger partial charge in [0.25, 0.3) is 0 Å². The second kappa shape index (κ2) is 3.16. The zero-order valence-corrected chi connectivity index (χ0v) is 5.61. The minimum Gasteiger partial charge on any atom is -0.480 e. The molecule has 1 atom stereocenters. The highest BCUT2D eigenvalue weighted by atomic mass is 16.4. The highest BCUT2D eigenvalue weighted by Gasteiger charge is 2.11. The van der Waals surface area contributed by atoms with E-state index in [-0.39, 0.29) is 5.69 Å². The van der Waals surface area contributed by atoms with Gasteiger partial charge in [0, 0.05) is 21.0 Å². The average molecular weight is 159 g/mol. The minimum absolute atomic E-state index is 0.0578. The molecule has 0 saturated carbocycles. The van der Waals surface area contributed by atoms with Crippen molar-refractivity contribution >= 4 is 5.97 Å². The average Bonchev–Trinajstić information content (AvgIpc) is 2.54. The van der Waals surface area contributed by atoms with E-state index in [9.17, 15) is 4.79 Å². The SMILES string of the molecule is [2H]C([2H])(c1c[15n]c[15nH]1)[C@H](N)C(=O)O. The monoisotopic (exact) mass is 159 g/mol. The van der Waals surface area contributed by atoms with Gasteiger partial charge in [-0.1, -0.05) is 0 Å². The van der Waals surface area contributed by atoms with E-state index in [1.807, 2.05) is 0 Å². The Labute approximate surface area is 66.1 Å². The largest absolute Gasteiger partial charge is 0.480 e. The molecular weight excluding hydrogens is 148 g/mol. The van der Waals surface area contributed by atoms with Crippen molar-refractivity contribution in [2.75, 3.05) is 0 Å². The molecule has 0 aliphatic carbocycles. The van der Waals surface area contributed by atoms with Crippen LogP contribution < -0.4 is 5.73 Å². The number of aromatic amines is 1.